The lowest BCUT2D eigenvalue weighted by Crippen LogP contribution is -2.32. The molecule has 1 aliphatic rings. The highest BCUT2D eigenvalue weighted by molar-refractivity contribution is 6.32. The molecule has 0 aliphatic carbocycles. The van der Waals surface area contributed by atoms with Gasteiger partial charge in [0.25, 0.3) is 5.91 Å². The summed E-state index contributed by atoms with van der Waals surface area (Å²) in [6.45, 7) is 2.16. The third-order valence-corrected chi connectivity index (χ3v) is 5.74. The Morgan fingerprint density at radius 3 is 2.88 bits per heavy atom. The SMILES string of the molecule is N#C/C(=C\c1cn(CCOc2ccccc2Cl)c2ccccc12)C(=O)NC[C@H]1CCCO1. The molecule has 1 aromatic heterocycles. The Bertz CT molecular complexity index is 1170. The molecule has 3 aromatic rings. The van der Waals surface area contributed by atoms with E-state index in [0.717, 1.165) is 35.9 Å². The number of nitrogens with one attached hydrogen (secondary N) is 1. The molecule has 2 aromatic carbocycles. The summed E-state index contributed by atoms with van der Waals surface area (Å²) in [5, 5.41) is 13.9. The summed E-state index contributed by atoms with van der Waals surface area (Å²) >= 11 is 6.16. The Balaban J connectivity index is 1.50. The molecule has 0 radical (unpaired) electrons. The number of aromatic nitrogens is 1. The molecule has 1 fully saturated rings. The van der Waals surface area contributed by atoms with Crippen LogP contribution >= 0.6 is 11.6 Å². The number of ether oxygens (including phenoxy) is 2. The fourth-order valence-corrected chi connectivity index (χ4v) is 3.99. The number of carbonyl (C=O) groups is 1. The first kappa shape index (κ1) is 21.9. The number of amides is 1. The molecule has 7 heteroatoms. The summed E-state index contributed by atoms with van der Waals surface area (Å²) in [7, 11) is 0. The number of hydrogen-bond acceptors (Lipinski definition) is 4. The maximum absolute atomic E-state index is 12.5. The monoisotopic (exact) mass is 449 g/mol. The number of nitriles is 1. The number of fused-ring (bicyclic) bond motifs is 1. The average Bonchev–Trinajstić information content (AvgIpc) is 3.45. The van der Waals surface area contributed by atoms with Crippen molar-refractivity contribution in [2.45, 2.75) is 25.5 Å². The number of carbonyl (C=O) groups excluding carboxylic acids is 1. The van der Waals surface area contributed by atoms with Crippen LogP contribution in [0.3, 0.4) is 0 Å². The Morgan fingerprint density at radius 1 is 1.28 bits per heavy atom. The lowest BCUT2D eigenvalue weighted by Gasteiger charge is -2.10. The van der Waals surface area contributed by atoms with E-state index in [0.29, 0.717) is 30.5 Å². The van der Waals surface area contributed by atoms with E-state index in [9.17, 15) is 10.1 Å². The van der Waals surface area contributed by atoms with E-state index < -0.39 is 0 Å². The van der Waals surface area contributed by atoms with Gasteiger partial charge in [0.2, 0.25) is 0 Å². The number of nitrogens with zero attached hydrogens (tertiary/aromatic N) is 2. The Morgan fingerprint density at radius 2 is 2.09 bits per heavy atom. The molecule has 0 bridgehead atoms. The van der Waals surface area contributed by atoms with Crippen LogP contribution < -0.4 is 10.1 Å². The maximum atomic E-state index is 12.5. The van der Waals surface area contributed by atoms with Crippen molar-refractivity contribution in [3.63, 3.8) is 0 Å². The molecule has 1 saturated heterocycles. The predicted molar refractivity (Wildman–Crippen MR) is 124 cm³/mol. The highest BCUT2D eigenvalue weighted by atomic mass is 35.5. The largest absolute Gasteiger partial charge is 0.490 e. The van der Waals surface area contributed by atoms with Crippen molar-refractivity contribution in [3.8, 4) is 11.8 Å². The first-order chi connectivity index (χ1) is 15.7. The molecule has 164 valence electrons. The number of para-hydroxylation sites is 2. The van der Waals surface area contributed by atoms with Crippen molar-refractivity contribution in [2.75, 3.05) is 19.8 Å². The van der Waals surface area contributed by atoms with Gasteiger partial charge in [0.15, 0.2) is 0 Å². The zero-order valence-electron chi connectivity index (χ0n) is 17.6. The van der Waals surface area contributed by atoms with Crippen LogP contribution in [0.15, 0.2) is 60.3 Å². The van der Waals surface area contributed by atoms with Crippen molar-refractivity contribution in [1.82, 2.24) is 9.88 Å². The summed E-state index contributed by atoms with van der Waals surface area (Å²) in [5.74, 6) is 0.252. The maximum Gasteiger partial charge on any atom is 0.262 e. The fraction of sp³-hybridized carbons (Fsp3) is 0.280. The minimum Gasteiger partial charge on any atom is -0.490 e. The minimum atomic E-state index is -0.387. The van der Waals surface area contributed by atoms with Crippen LogP contribution in [0.2, 0.25) is 5.02 Å². The molecule has 1 amide bonds. The van der Waals surface area contributed by atoms with E-state index in [4.69, 9.17) is 21.1 Å². The first-order valence-electron chi connectivity index (χ1n) is 10.6. The summed E-state index contributed by atoms with van der Waals surface area (Å²) in [6.07, 6.45) is 5.53. The van der Waals surface area contributed by atoms with Gasteiger partial charge in [-0.05, 0) is 37.1 Å². The second-order valence-corrected chi connectivity index (χ2v) is 8.00. The van der Waals surface area contributed by atoms with Crippen molar-refractivity contribution in [3.05, 3.63) is 70.9 Å². The second-order valence-electron chi connectivity index (χ2n) is 7.59. The average molecular weight is 450 g/mol. The highest BCUT2D eigenvalue weighted by Crippen LogP contribution is 2.25. The molecule has 0 saturated carbocycles. The summed E-state index contributed by atoms with van der Waals surface area (Å²) in [4.78, 5) is 12.5. The molecule has 0 spiro atoms. The van der Waals surface area contributed by atoms with Gasteiger partial charge in [-0.3, -0.25) is 4.79 Å². The number of halogens is 1. The molecule has 0 unspecified atom stereocenters. The molecule has 1 N–H and O–H groups in total. The Labute approximate surface area is 192 Å². The van der Waals surface area contributed by atoms with Crippen LogP contribution in [-0.4, -0.2) is 36.3 Å². The van der Waals surface area contributed by atoms with Gasteiger partial charge in [-0.2, -0.15) is 5.26 Å². The van der Waals surface area contributed by atoms with Gasteiger partial charge in [-0.25, -0.2) is 0 Å². The van der Waals surface area contributed by atoms with Crippen LogP contribution in [-0.2, 0) is 16.1 Å². The molecule has 4 rings (SSSR count). The van der Waals surface area contributed by atoms with Crippen LogP contribution in [0.25, 0.3) is 17.0 Å². The topological polar surface area (TPSA) is 76.3 Å². The van der Waals surface area contributed by atoms with Gasteiger partial charge in [0, 0.05) is 35.8 Å². The van der Waals surface area contributed by atoms with Gasteiger partial charge in [-0.1, -0.05) is 41.9 Å². The number of rotatable bonds is 8. The van der Waals surface area contributed by atoms with Gasteiger partial charge < -0.3 is 19.4 Å². The molecule has 1 aliphatic heterocycles. The quantitative estimate of drug-likeness (QED) is 0.403. The van der Waals surface area contributed by atoms with Crippen LogP contribution in [0.1, 0.15) is 18.4 Å². The van der Waals surface area contributed by atoms with Crippen LogP contribution in [0.4, 0.5) is 0 Å². The second kappa shape index (κ2) is 10.4. The zero-order chi connectivity index (χ0) is 22.3. The lowest BCUT2D eigenvalue weighted by atomic mass is 10.1. The molecule has 2 heterocycles. The van der Waals surface area contributed by atoms with Gasteiger partial charge >= 0.3 is 0 Å². The minimum absolute atomic E-state index is 0.0268. The fourth-order valence-electron chi connectivity index (χ4n) is 3.80. The summed E-state index contributed by atoms with van der Waals surface area (Å²) in [6, 6.07) is 17.3. The summed E-state index contributed by atoms with van der Waals surface area (Å²) < 4.78 is 13.4. The van der Waals surface area contributed by atoms with E-state index in [1.165, 1.54) is 0 Å². The third kappa shape index (κ3) is 5.13. The smallest absolute Gasteiger partial charge is 0.262 e. The van der Waals surface area contributed by atoms with Crippen molar-refractivity contribution < 1.29 is 14.3 Å². The van der Waals surface area contributed by atoms with E-state index in [2.05, 4.69) is 9.88 Å². The normalized spacial score (nSPS) is 16.1. The molecule has 6 nitrogen and oxygen atoms in total. The van der Waals surface area contributed by atoms with E-state index >= 15 is 0 Å². The van der Waals surface area contributed by atoms with Crippen molar-refractivity contribution >= 4 is 34.5 Å². The number of hydrogen-bond donors (Lipinski definition) is 1. The molecular formula is C25H24ClN3O3. The highest BCUT2D eigenvalue weighted by Gasteiger charge is 2.18. The van der Waals surface area contributed by atoms with Crippen LogP contribution in [0.5, 0.6) is 5.75 Å². The van der Waals surface area contributed by atoms with Gasteiger partial charge in [0.1, 0.15) is 24.0 Å². The standard InChI is InChI=1S/C25H24ClN3O3/c26-22-8-2-4-10-24(22)32-13-11-29-17-19(21-7-1-3-9-23(21)29)14-18(15-27)25(30)28-16-20-6-5-12-31-20/h1-4,7-10,14,17,20H,5-6,11-13,16H2,(H,28,30)/b18-14+/t20-/m1/s1. The van der Waals surface area contributed by atoms with E-state index in [-0.39, 0.29) is 17.6 Å². The zero-order valence-corrected chi connectivity index (χ0v) is 18.3. The van der Waals surface area contributed by atoms with Crippen molar-refractivity contribution in [2.24, 2.45) is 0 Å². The Kier molecular flexibility index (Phi) is 7.10. The van der Waals surface area contributed by atoms with E-state index in [1.54, 1.807) is 12.1 Å². The molecule has 1 atom stereocenters. The molecular weight excluding hydrogens is 426 g/mol. The van der Waals surface area contributed by atoms with Gasteiger partial charge in [0.05, 0.1) is 17.7 Å². The number of benzene rings is 2. The third-order valence-electron chi connectivity index (χ3n) is 5.43. The summed E-state index contributed by atoms with van der Waals surface area (Å²) in [5.41, 5.74) is 1.87. The first-order valence-corrected chi connectivity index (χ1v) is 11.0. The van der Waals surface area contributed by atoms with Crippen molar-refractivity contribution in [1.29, 1.82) is 5.26 Å². The molecule has 32 heavy (non-hydrogen) atoms. The predicted octanol–water partition coefficient (Wildman–Crippen LogP) is 4.58. The Hall–Kier alpha value is -3.27. The lowest BCUT2D eigenvalue weighted by molar-refractivity contribution is -0.117. The van der Waals surface area contributed by atoms with Crippen LogP contribution in [0, 0.1) is 11.3 Å². The van der Waals surface area contributed by atoms with E-state index in [1.807, 2.05) is 54.7 Å². The van der Waals surface area contributed by atoms with Gasteiger partial charge in [-0.15, -0.1) is 0 Å².